The zero-order chi connectivity index (χ0) is 8.60. The number of hydrogen-bond donors (Lipinski definition) is 0. The van der Waals surface area contributed by atoms with E-state index in [9.17, 15) is 0 Å². The quantitative estimate of drug-likeness (QED) is 0.626. The summed E-state index contributed by atoms with van der Waals surface area (Å²) >= 11 is 0. The van der Waals surface area contributed by atoms with E-state index in [2.05, 4.69) is 11.1 Å². The van der Waals surface area contributed by atoms with Crippen molar-refractivity contribution in [2.45, 2.75) is 25.2 Å². The maximum absolute atomic E-state index is 8.90. The molecule has 0 aromatic carbocycles. The van der Waals surface area contributed by atoms with Crippen molar-refractivity contribution in [1.29, 1.82) is 5.26 Å². The number of hydrogen-bond acceptors (Lipinski definition) is 2. The molecular formula is C10H10N2. The summed E-state index contributed by atoms with van der Waals surface area (Å²) in [6.07, 6.45) is 3.81. The predicted octanol–water partition coefficient (Wildman–Crippen LogP) is 1.95. The van der Waals surface area contributed by atoms with E-state index in [-0.39, 0.29) is 5.41 Å². The maximum atomic E-state index is 8.90. The highest BCUT2D eigenvalue weighted by molar-refractivity contribution is 5.37. The maximum Gasteiger partial charge on any atom is 0.0838 e. The van der Waals surface area contributed by atoms with Crippen molar-refractivity contribution in [3.8, 4) is 6.07 Å². The second kappa shape index (κ2) is 2.31. The third-order valence-electron chi connectivity index (χ3n) is 2.43. The van der Waals surface area contributed by atoms with E-state index in [0.717, 1.165) is 24.1 Å². The van der Waals surface area contributed by atoms with Crippen molar-refractivity contribution in [1.82, 2.24) is 4.98 Å². The van der Waals surface area contributed by atoms with Gasteiger partial charge in [-0.2, -0.15) is 5.26 Å². The third kappa shape index (κ3) is 0.984. The summed E-state index contributed by atoms with van der Waals surface area (Å²) in [5, 5.41) is 8.90. The monoisotopic (exact) mass is 158 g/mol. The predicted molar refractivity (Wildman–Crippen MR) is 45.5 cm³/mol. The van der Waals surface area contributed by atoms with E-state index in [0.29, 0.717) is 0 Å². The van der Waals surface area contributed by atoms with Gasteiger partial charge in [-0.3, -0.25) is 4.98 Å². The molecular weight excluding hydrogens is 148 g/mol. The molecule has 1 heterocycles. The Morgan fingerprint density at radius 3 is 2.67 bits per heavy atom. The number of nitriles is 1. The fraction of sp³-hybridized carbons (Fsp3) is 0.400. The first kappa shape index (κ1) is 7.30. The Hall–Kier alpha value is -1.36. The lowest BCUT2D eigenvalue weighted by molar-refractivity contribution is 0.893. The molecule has 0 spiro atoms. The fourth-order valence-electron chi connectivity index (χ4n) is 1.34. The summed E-state index contributed by atoms with van der Waals surface area (Å²) in [6.45, 7) is 1.95. The Labute approximate surface area is 71.9 Å². The van der Waals surface area contributed by atoms with Gasteiger partial charge in [0, 0.05) is 11.9 Å². The van der Waals surface area contributed by atoms with E-state index in [1.54, 1.807) is 0 Å². The first-order valence-electron chi connectivity index (χ1n) is 4.11. The molecule has 0 amide bonds. The molecule has 1 aliphatic rings. The normalized spacial score (nSPS) is 18.3. The minimum atomic E-state index is -0.180. The Morgan fingerprint density at radius 1 is 1.50 bits per heavy atom. The molecule has 0 unspecified atom stereocenters. The van der Waals surface area contributed by atoms with Crippen LogP contribution in [0.1, 0.15) is 24.1 Å². The molecule has 1 aromatic heterocycles. The molecule has 1 aliphatic carbocycles. The van der Waals surface area contributed by atoms with Crippen molar-refractivity contribution < 1.29 is 0 Å². The number of pyridine rings is 1. The lowest BCUT2D eigenvalue weighted by atomic mass is 10.00. The topological polar surface area (TPSA) is 36.7 Å². The highest BCUT2D eigenvalue weighted by Crippen LogP contribution is 2.47. The van der Waals surface area contributed by atoms with Crippen molar-refractivity contribution in [2.24, 2.45) is 0 Å². The highest BCUT2D eigenvalue weighted by Gasteiger charge is 2.44. The minimum absolute atomic E-state index is 0.180. The molecule has 0 N–H and O–H groups in total. The molecule has 1 saturated carbocycles. The van der Waals surface area contributed by atoms with E-state index in [1.807, 2.05) is 25.3 Å². The molecule has 1 fully saturated rings. The first-order chi connectivity index (χ1) is 5.77. The van der Waals surface area contributed by atoms with Gasteiger partial charge in [-0.05, 0) is 31.4 Å². The van der Waals surface area contributed by atoms with E-state index < -0.39 is 0 Å². The van der Waals surface area contributed by atoms with Crippen LogP contribution in [-0.4, -0.2) is 4.98 Å². The van der Waals surface area contributed by atoms with Gasteiger partial charge in [0.25, 0.3) is 0 Å². The van der Waals surface area contributed by atoms with Crippen molar-refractivity contribution in [3.05, 3.63) is 29.6 Å². The van der Waals surface area contributed by atoms with Crippen molar-refractivity contribution in [3.63, 3.8) is 0 Å². The van der Waals surface area contributed by atoms with Gasteiger partial charge in [0.1, 0.15) is 0 Å². The van der Waals surface area contributed by atoms with Crippen molar-refractivity contribution in [2.75, 3.05) is 0 Å². The summed E-state index contributed by atoms with van der Waals surface area (Å²) in [5.74, 6) is 0. The van der Waals surface area contributed by atoms with Crippen LogP contribution in [0.5, 0.6) is 0 Å². The average molecular weight is 158 g/mol. The molecule has 0 bridgehead atoms. The van der Waals surface area contributed by atoms with Gasteiger partial charge >= 0.3 is 0 Å². The molecule has 60 valence electrons. The van der Waals surface area contributed by atoms with Crippen LogP contribution in [0.2, 0.25) is 0 Å². The zero-order valence-electron chi connectivity index (χ0n) is 7.04. The Morgan fingerprint density at radius 2 is 2.25 bits per heavy atom. The molecule has 0 aliphatic heterocycles. The number of aromatic nitrogens is 1. The van der Waals surface area contributed by atoms with Crippen LogP contribution in [0.15, 0.2) is 18.3 Å². The number of rotatable bonds is 1. The fourth-order valence-corrected chi connectivity index (χ4v) is 1.34. The average Bonchev–Trinajstić information content (AvgIpc) is 2.86. The molecule has 0 saturated heterocycles. The molecule has 2 rings (SSSR count). The molecule has 2 heteroatoms. The van der Waals surface area contributed by atoms with E-state index >= 15 is 0 Å². The summed E-state index contributed by atoms with van der Waals surface area (Å²) in [5.41, 5.74) is 1.91. The minimum Gasteiger partial charge on any atom is -0.261 e. The van der Waals surface area contributed by atoms with Gasteiger partial charge < -0.3 is 0 Å². The first-order valence-corrected chi connectivity index (χ1v) is 4.11. The van der Waals surface area contributed by atoms with Crippen LogP contribution in [0.3, 0.4) is 0 Å². The van der Waals surface area contributed by atoms with Crippen LogP contribution >= 0.6 is 0 Å². The van der Waals surface area contributed by atoms with Crippen LogP contribution in [0.25, 0.3) is 0 Å². The lowest BCUT2D eigenvalue weighted by Crippen LogP contribution is -2.02. The van der Waals surface area contributed by atoms with E-state index in [4.69, 9.17) is 5.26 Å². The summed E-state index contributed by atoms with van der Waals surface area (Å²) in [7, 11) is 0. The van der Waals surface area contributed by atoms with Crippen LogP contribution < -0.4 is 0 Å². The molecule has 2 nitrogen and oxygen atoms in total. The molecule has 12 heavy (non-hydrogen) atoms. The summed E-state index contributed by atoms with van der Waals surface area (Å²) < 4.78 is 0. The Kier molecular flexibility index (Phi) is 1.41. The van der Waals surface area contributed by atoms with Gasteiger partial charge in [0.15, 0.2) is 0 Å². The van der Waals surface area contributed by atoms with Gasteiger partial charge in [-0.1, -0.05) is 6.07 Å². The van der Waals surface area contributed by atoms with Crippen LogP contribution in [0.4, 0.5) is 0 Å². The third-order valence-corrected chi connectivity index (χ3v) is 2.43. The number of nitrogens with zero attached hydrogens (tertiary/aromatic N) is 2. The lowest BCUT2D eigenvalue weighted by Gasteiger charge is -2.04. The van der Waals surface area contributed by atoms with Crippen LogP contribution in [-0.2, 0) is 5.41 Å². The smallest absolute Gasteiger partial charge is 0.0838 e. The standard InChI is InChI=1S/C10H10N2/c1-8-2-3-9(6-12-8)10(7-11)4-5-10/h2-3,6H,4-5H2,1H3. The molecule has 1 aromatic rings. The van der Waals surface area contributed by atoms with Gasteiger partial charge in [0.05, 0.1) is 11.5 Å². The summed E-state index contributed by atoms with van der Waals surface area (Å²) in [4.78, 5) is 4.18. The Bertz CT molecular complexity index is 328. The Balaban J connectivity index is 2.37. The highest BCUT2D eigenvalue weighted by atomic mass is 14.7. The van der Waals surface area contributed by atoms with Crippen LogP contribution in [0, 0.1) is 18.3 Å². The molecule has 0 radical (unpaired) electrons. The molecule has 0 atom stereocenters. The van der Waals surface area contributed by atoms with Gasteiger partial charge in [-0.15, -0.1) is 0 Å². The largest absolute Gasteiger partial charge is 0.261 e. The SMILES string of the molecule is Cc1ccc(C2(C#N)CC2)cn1. The van der Waals surface area contributed by atoms with Gasteiger partial charge in [-0.25, -0.2) is 0 Å². The second-order valence-electron chi connectivity index (χ2n) is 3.38. The second-order valence-corrected chi connectivity index (χ2v) is 3.38. The summed E-state index contributed by atoms with van der Waals surface area (Å²) in [6, 6.07) is 6.33. The van der Waals surface area contributed by atoms with Crippen molar-refractivity contribution >= 4 is 0 Å². The van der Waals surface area contributed by atoms with Gasteiger partial charge in [0.2, 0.25) is 0 Å². The van der Waals surface area contributed by atoms with E-state index in [1.165, 1.54) is 0 Å². The zero-order valence-corrected chi connectivity index (χ0v) is 7.04. The number of aryl methyl sites for hydroxylation is 1.